The minimum absolute atomic E-state index is 0.0977. The zero-order valence-electron chi connectivity index (χ0n) is 12.6. The fraction of sp³-hybridized carbons (Fsp3) is 0.667. The maximum atomic E-state index is 12.5. The van der Waals surface area contributed by atoms with Crippen molar-refractivity contribution in [3.05, 3.63) is 27.1 Å². The molecule has 2 fully saturated rings. The SMILES string of the molecule is O=C([C@@H]1CCCN(Cc2csc([N+](=O)[O-])c2)C1)N1CCCC1. The maximum Gasteiger partial charge on any atom is 0.324 e. The summed E-state index contributed by atoms with van der Waals surface area (Å²) in [6.07, 6.45) is 4.24. The quantitative estimate of drug-likeness (QED) is 0.631. The molecule has 22 heavy (non-hydrogen) atoms. The second-order valence-corrected chi connectivity index (χ2v) is 7.05. The first-order valence-corrected chi connectivity index (χ1v) is 8.74. The lowest BCUT2D eigenvalue weighted by Crippen LogP contribution is -2.43. The van der Waals surface area contributed by atoms with Crippen LogP contribution in [-0.4, -0.2) is 46.8 Å². The molecule has 2 aliphatic heterocycles. The van der Waals surface area contributed by atoms with Crippen LogP contribution in [0.15, 0.2) is 11.4 Å². The Balaban J connectivity index is 1.57. The molecule has 2 saturated heterocycles. The lowest BCUT2D eigenvalue weighted by Gasteiger charge is -2.33. The van der Waals surface area contributed by atoms with Gasteiger partial charge in [0.2, 0.25) is 5.91 Å². The number of thiophene rings is 1. The van der Waals surface area contributed by atoms with Crippen LogP contribution in [0, 0.1) is 16.0 Å². The van der Waals surface area contributed by atoms with Crippen LogP contribution in [0.1, 0.15) is 31.2 Å². The van der Waals surface area contributed by atoms with Crippen LogP contribution in [0.2, 0.25) is 0 Å². The molecule has 0 aromatic carbocycles. The lowest BCUT2D eigenvalue weighted by molar-refractivity contribution is -0.380. The average molecular weight is 323 g/mol. The van der Waals surface area contributed by atoms with Gasteiger partial charge in [0.15, 0.2) is 0 Å². The van der Waals surface area contributed by atoms with E-state index in [-0.39, 0.29) is 15.8 Å². The fourth-order valence-corrected chi connectivity index (χ4v) is 4.12. The molecule has 0 aliphatic carbocycles. The Labute approximate surface area is 133 Å². The third kappa shape index (κ3) is 3.47. The first-order chi connectivity index (χ1) is 10.6. The van der Waals surface area contributed by atoms with Crippen LogP contribution in [-0.2, 0) is 11.3 Å². The Morgan fingerprint density at radius 1 is 1.32 bits per heavy atom. The van der Waals surface area contributed by atoms with Crippen LogP contribution < -0.4 is 0 Å². The van der Waals surface area contributed by atoms with E-state index in [1.54, 1.807) is 6.07 Å². The highest BCUT2D eigenvalue weighted by Crippen LogP contribution is 2.26. The van der Waals surface area contributed by atoms with Crippen molar-refractivity contribution in [2.24, 2.45) is 5.92 Å². The minimum Gasteiger partial charge on any atom is -0.342 e. The van der Waals surface area contributed by atoms with E-state index in [1.807, 2.05) is 10.3 Å². The summed E-state index contributed by atoms with van der Waals surface area (Å²) in [7, 11) is 0. The van der Waals surface area contributed by atoms with Crippen molar-refractivity contribution in [3.8, 4) is 0 Å². The Bertz CT molecular complexity index is 554. The summed E-state index contributed by atoms with van der Waals surface area (Å²) in [6.45, 7) is 4.26. The molecule has 1 amide bonds. The van der Waals surface area contributed by atoms with Gasteiger partial charge in [-0.25, -0.2) is 0 Å². The third-order valence-electron chi connectivity index (χ3n) is 4.50. The molecule has 1 atom stereocenters. The highest BCUT2D eigenvalue weighted by Gasteiger charge is 2.30. The summed E-state index contributed by atoms with van der Waals surface area (Å²) in [5.41, 5.74) is 0.978. The molecular weight excluding hydrogens is 302 g/mol. The Morgan fingerprint density at radius 2 is 2.09 bits per heavy atom. The normalized spacial score (nSPS) is 22.9. The number of amides is 1. The van der Waals surface area contributed by atoms with Gasteiger partial charge in [0.05, 0.1) is 10.8 Å². The number of likely N-dealkylation sites (tertiary alicyclic amines) is 2. The topological polar surface area (TPSA) is 66.7 Å². The molecule has 1 aromatic rings. The number of hydrogen-bond acceptors (Lipinski definition) is 5. The van der Waals surface area contributed by atoms with Crippen molar-refractivity contribution in [3.63, 3.8) is 0 Å². The molecule has 0 N–H and O–H groups in total. The first kappa shape index (κ1) is 15.4. The predicted octanol–water partition coefficient (Wildman–Crippen LogP) is 2.49. The number of rotatable bonds is 4. The van der Waals surface area contributed by atoms with Crippen LogP contribution in [0.25, 0.3) is 0 Å². The molecule has 7 heteroatoms. The van der Waals surface area contributed by atoms with E-state index in [1.165, 1.54) is 11.3 Å². The van der Waals surface area contributed by atoms with Crippen LogP contribution >= 0.6 is 11.3 Å². The highest BCUT2D eigenvalue weighted by atomic mass is 32.1. The number of hydrogen-bond donors (Lipinski definition) is 0. The molecule has 6 nitrogen and oxygen atoms in total. The van der Waals surface area contributed by atoms with Gasteiger partial charge in [-0.15, -0.1) is 0 Å². The van der Waals surface area contributed by atoms with Gasteiger partial charge in [-0.3, -0.25) is 19.8 Å². The van der Waals surface area contributed by atoms with Gasteiger partial charge in [-0.1, -0.05) is 11.3 Å². The molecule has 3 rings (SSSR count). The number of nitrogens with zero attached hydrogens (tertiary/aromatic N) is 3. The monoisotopic (exact) mass is 323 g/mol. The summed E-state index contributed by atoms with van der Waals surface area (Å²) in [5.74, 6) is 0.402. The van der Waals surface area contributed by atoms with Gasteiger partial charge in [0.25, 0.3) is 0 Å². The number of carbonyl (C=O) groups excluding carboxylic acids is 1. The zero-order valence-corrected chi connectivity index (χ0v) is 13.4. The highest BCUT2D eigenvalue weighted by molar-refractivity contribution is 7.13. The lowest BCUT2D eigenvalue weighted by atomic mass is 9.96. The van der Waals surface area contributed by atoms with Crippen molar-refractivity contribution in [2.45, 2.75) is 32.2 Å². The maximum absolute atomic E-state index is 12.5. The summed E-state index contributed by atoms with van der Waals surface area (Å²) in [6, 6.07) is 1.65. The molecule has 1 aromatic heterocycles. The standard InChI is InChI=1S/C15H21N3O3S/c19-15(17-6-1-2-7-17)13-4-3-5-16(10-13)9-12-8-14(18(20)21)22-11-12/h8,11,13H,1-7,9-10H2/t13-/m1/s1. The molecule has 3 heterocycles. The molecule has 0 saturated carbocycles. The smallest absolute Gasteiger partial charge is 0.324 e. The predicted molar refractivity (Wildman–Crippen MR) is 84.8 cm³/mol. The van der Waals surface area contributed by atoms with E-state index in [0.29, 0.717) is 12.5 Å². The largest absolute Gasteiger partial charge is 0.342 e. The van der Waals surface area contributed by atoms with E-state index in [0.717, 1.165) is 57.4 Å². The van der Waals surface area contributed by atoms with Crippen LogP contribution in [0.5, 0.6) is 0 Å². The molecular formula is C15H21N3O3S. The summed E-state index contributed by atoms with van der Waals surface area (Å²) in [4.78, 5) is 27.2. The fourth-order valence-electron chi connectivity index (χ4n) is 3.40. The number of nitro groups is 1. The zero-order chi connectivity index (χ0) is 15.5. The van der Waals surface area contributed by atoms with E-state index in [2.05, 4.69) is 4.90 Å². The summed E-state index contributed by atoms with van der Waals surface area (Å²) in [5, 5.41) is 12.8. The molecule has 0 spiro atoms. The molecule has 0 bridgehead atoms. The average Bonchev–Trinajstić information content (AvgIpc) is 3.18. The second-order valence-electron chi connectivity index (χ2n) is 6.16. The van der Waals surface area contributed by atoms with E-state index >= 15 is 0 Å². The Morgan fingerprint density at radius 3 is 2.77 bits per heavy atom. The van der Waals surface area contributed by atoms with Gasteiger partial charge in [0, 0.05) is 37.6 Å². The Hall–Kier alpha value is -1.47. The first-order valence-electron chi connectivity index (χ1n) is 7.86. The van der Waals surface area contributed by atoms with Gasteiger partial charge in [-0.2, -0.15) is 0 Å². The van der Waals surface area contributed by atoms with Crippen LogP contribution in [0.4, 0.5) is 5.00 Å². The third-order valence-corrected chi connectivity index (χ3v) is 5.43. The minimum atomic E-state index is -0.343. The summed E-state index contributed by atoms with van der Waals surface area (Å²) < 4.78 is 0. The molecule has 2 aliphatic rings. The van der Waals surface area contributed by atoms with Crippen LogP contribution in [0.3, 0.4) is 0 Å². The Kier molecular flexibility index (Phi) is 4.73. The van der Waals surface area contributed by atoms with E-state index < -0.39 is 0 Å². The van der Waals surface area contributed by atoms with Crippen molar-refractivity contribution >= 4 is 22.2 Å². The number of carbonyl (C=O) groups is 1. The second kappa shape index (κ2) is 6.75. The van der Waals surface area contributed by atoms with Gasteiger partial charge in [-0.05, 0) is 37.8 Å². The molecule has 120 valence electrons. The van der Waals surface area contributed by atoms with Crippen molar-refractivity contribution in [1.82, 2.24) is 9.80 Å². The summed E-state index contributed by atoms with van der Waals surface area (Å²) >= 11 is 1.17. The van der Waals surface area contributed by atoms with Gasteiger partial charge >= 0.3 is 5.00 Å². The van der Waals surface area contributed by atoms with Crippen molar-refractivity contribution in [2.75, 3.05) is 26.2 Å². The van der Waals surface area contributed by atoms with E-state index in [4.69, 9.17) is 0 Å². The van der Waals surface area contributed by atoms with Crippen molar-refractivity contribution in [1.29, 1.82) is 0 Å². The number of piperidine rings is 1. The van der Waals surface area contributed by atoms with Crippen molar-refractivity contribution < 1.29 is 9.72 Å². The molecule has 0 radical (unpaired) electrons. The van der Waals surface area contributed by atoms with Gasteiger partial charge in [0.1, 0.15) is 0 Å². The van der Waals surface area contributed by atoms with E-state index in [9.17, 15) is 14.9 Å². The van der Waals surface area contributed by atoms with Gasteiger partial charge < -0.3 is 4.90 Å². The molecule has 0 unspecified atom stereocenters.